The van der Waals surface area contributed by atoms with Gasteiger partial charge in [-0.2, -0.15) is 0 Å². The van der Waals surface area contributed by atoms with Crippen LogP contribution < -0.4 is 4.90 Å². The minimum Gasteiger partial charge on any atom is -0.396 e. The van der Waals surface area contributed by atoms with Crippen LogP contribution in [0.1, 0.15) is 24.8 Å². The van der Waals surface area contributed by atoms with Crippen LogP contribution in [-0.2, 0) is 6.54 Å². The van der Waals surface area contributed by atoms with Crippen LogP contribution in [0.3, 0.4) is 0 Å². The summed E-state index contributed by atoms with van der Waals surface area (Å²) in [7, 11) is 4.20. The molecule has 2 fully saturated rings. The number of aromatic nitrogens is 2. The van der Waals surface area contributed by atoms with Gasteiger partial charge in [-0.1, -0.05) is 0 Å². The highest BCUT2D eigenvalue weighted by Crippen LogP contribution is 2.25. The van der Waals surface area contributed by atoms with E-state index in [0.29, 0.717) is 11.8 Å². The maximum absolute atomic E-state index is 9.64. The van der Waals surface area contributed by atoms with E-state index in [2.05, 4.69) is 38.8 Å². The second-order valence-electron chi connectivity index (χ2n) is 7.60. The first-order valence-electron chi connectivity index (χ1n) is 9.19. The molecule has 1 aromatic rings. The Labute approximate surface area is 145 Å². The third-order valence-electron chi connectivity index (χ3n) is 5.22. The lowest BCUT2D eigenvalue weighted by atomic mass is 9.97. The fourth-order valence-corrected chi connectivity index (χ4v) is 3.99. The van der Waals surface area contributed by atoms with Gasteiger partial charge in [0.25, 0.3) is 0 Å². The first-order chi connectivity index (χ1) is 11.7. The van der Waals surface area contributed by atoms with Gasteiger partial charge in [0.1, 0.15) is 0 Å². The van der Waals surface area contributed by atoms with E-state index >= 15 is 0 Å². The van der Waals surface area contributed by atoms with E-state index in [1.54, 1.807) is 0 Å². The number of rotatable bonds is 6. The van der Waals surface area contributed by atoms with Crippen LogP contribution in [0.15, 0.2) is 12.4 Å². The van der Waals surface area contributed by atoms with Crippen molar-refractivity contribution in [2.75, 3.05) is 58.3 Å². The highest BCUT2D eigenvalue weighted by atomic mass is 16.3. The van der Waals surface area contributed by atoms with E-state index in [-0.39, 0.29) is 6.61 Å². The Kier molecular flexibility index (Phi) is 6.03. The number of aliphatic hydroxyl groups excluding tert-OH is 1. The quantitative estimate of drug-likeness (QED) is 0.840. The van der Waals surface area contributed by atoms with Gasteiger partial charge in [-0.05, 0) is 45.2 Å². The molecule has 6 nitrogen and oxygen atoms in total. The van der Waals surface area contributed by atoms with E-state index in [9.17, 15) is 5.11 Å². The van der Waals surface area contributed by atoms with Crippen molar-refractivity contribution in [3.05, 3.63) is 18.0 Å². The number of likely N-dealkylation sites (tertiary alicyclic amines) is 1. The molecule has 2 atom stereocenters. The Morgan fingerprint density at radius 1 is 1.08 bits per heavy atom. The smallest absolute Gasteiger partial charge is 0.225 e. The fourth-order valence-electron chi connectivity index (χ4n) is 3.99. The molecule has 0 bridgehead atoms. The molecule has 6 heteroatoms. The van der Waals surface area contributed by atoms with Crippen molar-refractivity contribution in [1.29, 1.82) is 0 Å². The first-order valence-corrected chi connectivity index (χ1v) is 9.19. The summed E-state index contributed by atoms with van der Waals surface area (Å²) >= 11 is 0. The van der Waals surface area contributed by atoms with E-state index in [1.165, 1.54) is 19.3 Å². The Balaban J connectivity index is 1.56. The minimum atomic E-state index is 0.277. The van der Waals surface area contributed by atoms with Crippen molar-refractivity contribution in [2.45, 2.75) is 25.8 Å². The van der Waals surface area contributed by atoms with Crippen molar-refractivity contribution < 1.29 is 5.11 Å². The molecule has 24 heavy (non-hydrogen) atoms. The normalized spacial score (nSPS) is 25.6. The number of nitrogens with zero attached hydrogens (tertiary/aromatic N) is 5. The summed E-state index contributed by atoms with van der Waals surface area (Å²) in [6.45, 7) is 6.35. The summed E-state index contributed by atoms with van der Waals surface area (Å²) < 4.78 is 0. The van der Waals surface area contributed by atoms with Crippen LogP contribution in [0.2, 0.25) is 0 Å². The van der Waals surface area contributed by atoms with Crippen molar-refractivity contribution in [2.24, 2.45) is 11.8 Å². The van der Waals surface area contributed by atoms with Gasteiger partial charge in [0, 0.05) is 63.8 Å². The lowest BCUT2D eigenvalue weighted by Crippen LogP contribution is -2.31. The molecule has 2 saturated heterocycles. The van der Waals surface area contributed by atoms with Gasteiger partial charge in [-0.25, -0.2) is 9.97 Å². The van der Waals surface area contributed by atoms with Gasteiger partial charge in [0.15, 0.2) is 0 Å². The molecule has 1 aromatic heterocycles. The summed E-state index contributed by atoms with van der Waals surface area (Å²) in [4.78, 5) is 16.1. The third kappa shape index (κ3) is 4.43. The highest BCUT2D eigenvalue weighted by molar-refractivity contribution is 5.30. The second kappa shape index (κ2) is 8.23. The lowest BCUT2D eigenvalue weighted by molar-refractivity contribution is 0.183. The molecule has 1 N–H and O–H groups in total. The Bertz CT molecular complexity index is 501. The standard InChI is InChI=1S/C18H31N5O/c1-21(2)11-16-12-22(13-17(16)14-24)10-15-8-19-18(20-9-15)23-6-4-3-5-7-23/h8-9,16-17,24H,3-7,10-14H2,1-2H3/t16-,17-/m1/s1. The van der Waals surface area contributed by atoms with Crippen molar-refractivity contribution in [1.82, 2.24) is 19.8 Å². The van der Waals surface area contributed by atoms with E-state index < -0.39 is 0 Å². The van der Waals surface area contributed by atoms with Crippen LogP contribution >= 0.6 is 0 Å². The average Bonchev–Trinajstić information content (AvgIpc) is 2.97. The largest absolute Gasteiger partial charge is 0.396 e. The third-order valence-corrected chi connectivity index (χ3v) is 5.22. The van der Waals surface area contributed by atoms with Gasteiger partial charge in [0.2, 0.25) is 5.95 Å². The van der Waals surface area contributed by atoms with Crippen LogP contribution in [0.4, 0.5) is 5.95 Å². The molecular formula is C18H31N5O. The number of hydrogen-bond acceptors (Lipinski definition) is 6. The van der Waals surface area contributed by atoms with Crippen LogP contribution in [0.5, 0.6) is 0 Å². The topological polar surface area (TPSA) is 55.7 Å². The molecule has 3 rings (SSSR count). The molecule has 134 valence electrons. The Morgan fingerprint density at radius 3 is 2.38 bits per heavy atom. The van der Waals surface area contributed by atoms with E-state index in [4.69, 9.17) is 0 Å². The van der Waals surface area contributed by atoms with Gasteiger partial charge in [0.05, 0.1) is 0 Å². The predicted octanol–water partition coefficient (Wildman–Crippen LogP) is 1.07. The average molecular weight is 333 g/mol. The molecule has 3 heterocycles. The second-order valence-corrected chi connectivity index (χ2v) is 7.60. The SMILES string of the molecule is CN(C)C[C@@H]1CN(Cc2cnc(N3CCCCC3)nc2)C[C@@H]1CO. The molecule has 0 amide bonds. The molecule has 0 aliphatic carbocycles. The Hall–Kier alpha value is -1.24. The van der Waals surface area contributed by atoms with Gasteiger partial charge < -0.3 is 14.9 Å². The number of anilines is 1. The van der Waals surface area contributed by atoms with Crippen LogP contribution in [-0.4, -0.2) is 78.3 Å². The first kappa shape index (κ1) is 17.6. The molecule has 0 spiro atoms. The zero-order chi connectivity index (χ0) is 16.9. The summed E-state index contributed by atoms with van der Waals surface area (Å²) in [6.07, 6.45) is 7.77. The van der Waals surface area contributed by atoms with Gasteiger partial charge >= 0.3 is 0 Å². The summed E-state index contributed by atoms with van der Waals surface area (Å²) in [5.74, 6) is 1.79. The van der Waals surface area contributed by atoms with Crippen molar-refractivity contribution in [3.8, 4) is 0 Å². The zero-order valence-corrected chi connectivity index (χ0v) is 15.1. The molecule has 0 radical (unpaired) electrons. The highest BCUT2D eigenvalue weighted by Gasteiger charge is 2.32. The van der Waals surface area contributed by atoms with E-state index in [0.717, 1.165) is 50.8 Å². The van der Waals surface area contributed by atoms with E-state index in [1.807, 2.05) is 12.4 Å². The fraction of sp³-hybridized carbons (Fsp3) is 0.778. The maximum Gasteiger partial charge on any atom is 0.225 e. The maximum atomic E-state index is 9.64. The summed E-state index contributed by atoms with van der Waals surface area (Å²) in [5, 5.41) is 9.64. The predicted molar refractivity (Wildman–Crippen MR) is 96.0 cm³/mol. The van der Waals surface area contributed by atoms with Gasteiger partial charge in [-0.3, -0.25) is 4.90 Å². The number of piperidine rings is 1. The van der Waals surface area contributed by atoms with Crippen LogP contribution in [0, 0.1) is 11.8 Å². The molecule has 2 aliphatic heterocycles. The molecular weight excluding hydrogens is 302 g/mol. The van der Waals surface area contributed by atoms with Crippen molar-refractivity contribution >= 4 is 5.95 Å². The Morgan fingerprint density at radius 2 is 1.75 bits per heavy atom. The molecule has 0 aromatic carbocycles. The molecule has 0 saturated carbocycles. The number of aliphatic hydroxyl groups is 1. The van der Waals surface area contributed by atoms with Gasteiger partial charge in [-0.15, -0.1) is 0 Å². The molecule has 2 aliphatic rings. The lowest BCUT2D eigenvalue weighted by Gasteiger charge is -2.26. The summed E-state index contributed by atoms with van der Waals surface area (Å²) in [6, 6.07) is 0. The summed E-state index contributed by atoms with van der Waals surface area (Å²) in [5.41, 5.74) is 1.16. The minimum absolute atomic E-state index is 0.277. The zero-order valence-electron chi connectivity index (χ0n) is 15.1. The van der Waals surface area contributed by atoms with Crippen molar-refractivity contribution in [3.63, 3.8) is 0 Å². The number of hydrogen-bond donors (Lipinski definition) is 1. The monoisotopic (exact) mass is 333 g/mol. The molecule has 0 unspecified atom stereocenters. The van der Waals surface area contributed by atoms with Crippen LogP contribution in [0.25, 0.3) is 0 Å².